The van der Waals surface area contributed by atoms with Crippen molar-refractivity contribution in [3.8, 4) is 0 Å². The molecule has 2 unspecified atom stereocenters. The van der Waals surface area contributed by atoms with Gasteiger partial charge in [-0.3, -0.25) is 4.79 Å². The highest BCUT2D eigenvalue weighted by molar-refractivity contribution is 5.83. The molecule has 5 rings (SSSR count). The minimum Gasteiger partial charge on any atom is -0.342 e. The van der Waals surface area contributed by atoms with Gasteiger partial charge in [-0.25, -0.2) is 0 Å². The Morgan fingerprint density at radius 1 is 0.857 bits per heavy atom. The molecule has 0 spiro atoms. The van der Waals surface area contributed by atoms with Gasteiger partial charge in [0.25, 0.3) is 0 Å². The molecule has 4 bridgehead atoms. The molecule has 0 aromatic rings. The Balaban J connectivity index is 1.62. The van der Waals surface area contributed by atoms with Gasteiger partial charge in [0.15, 0.2) is 0 Å². The lowest BCUT2D eigenvalue weighted by atomic mass is 9.40. The van der Waals surface area contributed by atoms with Crippen LogP contribution in [0.4, 0.5) is 0 Å². The lowest BCUT2D eigenvalue weighted by Gasteiger charge is -2.65. The van der Waals surface area contributed by atoms with Crippen molar-refractivity contribution in [1.82, 2.24) is 4.90 Å². The molecule has 4 aliphatic carbocycles. The molecule has 1 amide bonds. The summed E-state index contributed by atoms with van der Waals surface area (Å²) >= 11 is 0. The van der Waals surface area contributed by atoms with Crippen LogP contribution in [0, 0.1) is 22.2 Å². The Kier molecular flexibility index (Phi) is 3.01. The number of hydrogen-bond donors (Lipinski definition) is 0. The summed E-state index contributed by atoms with van der Waals surface area (Å²) < 4.78 is 0. The fourth-order valence-electron chi connectivity index (χ4n) is 7.30. The number of likely N-dealkylation sites (tertiary alicyclic amines) is 1. The van der Waals surface area contributed by atoms with Gasteiger partial charge < -0.3 is 4.90 Å². The van der Waals surface area contributed by atoms with Crippen molar-refractivity contribution in [1.29, 1.82) is 0 Å². The van der Waals surface area contributed by atoms with Crippen molar-refractivity contribution in [2.24, 2.45) is 22.2 Å². The van der Waals surface area contributed by atoms with Crippen LogP contribution < -0.4 is 0 Å². The highest BCUT2D eigenvalue weighted by atomic mass is 16.2. The molecule has 0 radical (unpaired) electrons. The Morgan fingerprint density at radius 3 is 1.95 bits per heavy atom. The standard InChI is InChI=1S/C19H31NO/c1-17-9-15-10-18(2,12-17)14-19(11-15,13-17)16(21)20-7-5-3-4-6-8-20/h15H,3-14H2,1-2H3. The Hall–Kier alpha value is -0.530. The summed E-state index contributed by atoms with van der Waals surface area (Å²) in [5, 5.41) is 0. The van der Waals surface area contributed by atoms with Crippen LogP contribution in [0.5, 0.6) is 0 Å². The van der Waals surface area contributed by atoms with E-state index in [0.717, 1.165) is 19.0 Å². The maximum atomic E-state index is 13.4. The van der Waals surface area contributed by atoms with Crippen molar-refractivity contribution in [3.63, 3.8) is 0 Å². The molecule has 5 aliphatic rings. The highest BCUT2D eigenvalue weighted by Gasteiger charge is 2.63. The summed E-state index contributed by atoms with van der Waals surface area (Å²) in [5.41, 5.74) is 0.929. The number of carbonyl (C=O) groups excluding carboxylic acids is 1. The second-order valence-electron chi connectivity index (χ2n) is 9.62. The van der Waals surface area contributed by atoms with Crippen LogP contribution >= 0.6 is 0 Å². The molecule has 5 fully saturated rings. The Morgan fingerprint density at radius 2 is 1.43 bits per heavy atom. The first-order chi connectivity index (χ1) is 9.92. The quantitative estimate of drug-likeness (QED) is 0.701. The van der Waals surface area contributed by atoms with Crippen molar-refractivity contribution < 1.29 is 4.79 Å². The zero-order valence-corrected chi connectivity index (χ0v) is 13.9. The summed E-state index contributed by atoms with van der Waals surface area (Å²) in [6, 6.07) is 0. The van der Waals surface area contributed by atoms with Gasteiger partial charge in [0.2, 0.25) is 5.91 Å². The third-order valence-corrected chi connectivity index (χ3v) is 6.97. The van der Waals surface area contributed by atoms with E-state index in [0.29, 0.717) is 16.7 Å². The van der Waals surface area contributed by atoms with Gasteiger partial charge >= 0.3 is 0 Å². The molecule has 21 heavy (non-hydrogen) atoms. The van der Waals surface area contributed by atoms with E-state index in [4.69, 9.17) is 0 Å². The van der Waals surface area contributed by atoms with E-state index in [1.54, 1.807) is 0 Å². The first-order valence-electron chi connectivity index (χ1n) is 9.22. The molecule has 0 N–H and O–H groups in total. The summed E-state index contributed by atoms with van der Waals surface area (Å²) in [7, 11) is 0. The molecule has 0 aromatic heterocycles. The lowest BCUT2D eigenvalue weighted by Crippen LogP contribution is -2.60. The summed E-state index contributed by atoms with van der Waals surface area (Å²) in [6.07, 6.45) is 12.8. The van der Waals surface area contributed by atoms with Gasteiger partial charge in [-0.15, -0.1) is 0 Å². The largest absolute Gasteiger partial charge is 0.342 e. The first kappa shape index (κ1) is 14.1. The van der Waals surface area contributed by atoms with Gasteiger partial charge in [-0.2, -0.15) is 0 Å². The highest BCUT2D eigenvalue weighted by Crippen LogP contribution is 2.69. The second kappa shape index (κ2) is 4.49. The summed E-state index contributed by atoms with van der Waals surface area (Å²) in [4.78, 5) is 15.7. The molecular formula is C19H31NO. The minimum atomic E-state index is 0.0211. The van der Waals surface area contributed by atoms with E-state index in [1.165, 1.54) is 64.2 Å². The van der Waals surface area contributed by atoms with Crippen LogP contribution in [0.2, 0.25) is 0 Å². The Labute approximate surface area is 129 Å². The van der Waals surface area contributed by atoms with Crippen LogP contribution in [0.15, 0.2) is 0 Å². The zero-order chi connectivity index (χ0) is 14.7. The predicted octanol–water partition coefficient (Wildman–Crippen LogP) is 4.39. The van der Waals surface area contributed by atoms with E-state index in [1.807, 2.05) is 0 Å². The van der Waals surface area contributed by atoms with Gasteiger partial charge in [-0.1, -0.05) is 26.7 Å². The average molecular weight is 289 g/mol. The van der Waals surface area contributed by atoms with E-state index in [9.17, 15) is 4.79 Å². The van der Waals surface area contributed by atoms with E-state index in [-0.39, 0.29) is 5.41 Å². The van der Waals surface area contributed by atoms with Crippen molar-refractivity contribution in [2.75, 3.05) is 13.1 Å². The van der Waals surface area contributed by atoms with Crippen LogP contribution in [-0.4, -0.2) is 23.9 Å². The van der Waals surface area contributed by atoms with E-state index < -0.39 is 0 Å². The third kappa shape index (κ3) is 2.24. The monoisotopic (exact) mass is 289 g/mol. The Bertz CT molecular complexity index is 430. The summed E-state index contributed by atoms with van der Waals surface area (Å²) in [6.45, 7) is 7.00. The third-order valence-electron chi connectivity index (χ3n) is 6.97. The van der Waals surface area contributed by atoms with Crippen LogP contribution in [0.1, 0.15) is 78.1 Å². The molecule has 1 saturated heterocycles. The zero-order valence-electron chi connectivity index (χ0n) is 13.9. The number of rotatable bonds is 1. The molecule has 2 heteroatoms. The molecule has 1 heterocycles. The number of nitrogens with zero attached hydrogens (tertiary/aromatic N) is 1. The molecule has 4 saturated carbocycles. The first-order valence-corrected chi connectivity index (χ1v) is 9.22. The van der Waals surface area contributed by atoms with Gasteiger partial charge in [-0.05, 0) is 68.1 Å². The second-order valence-corrected chi connectivity index (χ2v) is 9.62. The van der Waals surface area contributed by atoms with Crippen molar-refractivity contribution in [2.45, 2.75) is 78.1 Å². The van der Waals surface area contributed by atoms with E-state index in [2.05, 4.69) is 18.7 Å². The van der Waals surface area contributed by atoms with Gasteiger partial charge in [0.05, 0.1) is 5.41 Å². The lowest BCUT2D eigenvalue weighted by molar-refractivity contribution is -0.179. The van der Waals surface area contributed by atoms with Crippen molar-refractivity contribution >= 4 is 5.91 Å². The molecule has 2 atom stereocenters. The molecule has 118 valence electrons. The van der Waals surface area contributed by atoms with Gasteiger partial charge in [0, 0.05) is 13.1 Å². The number of amides is 1. The topological polar surface area (TPSA) is 20.3 Å². The van der Waals surface area contributed by atoms with Crippen LogP contribution in [0.25, 0.3) is 0 Å². The van der Waals surface area contributed by atoms with Crippen molar-refractivity contribution in [3.05, 3.63) is 0 Å². The molecular weight excluding hydrogens is 258 g/mol. The number of hydrogen-bond acceptors (Lipinski definition) is 1. The maximum Gasteiger partial charge on any atom is 0.228 e. The number of carbonyl (C=O) groups is 1. The fourth-order valence-corrected chi connectivity index (χ4v) is 7.30. The maximum absolute atomic E-state index is 13.4. The minimum absolute atomic E-state index is 0.0211. The smallest absolute Gasteiger partial charge is 0.228 e. The van der Waals surface area contributed by atoms with Crippen LogP contribution in [0.3, 0.4) is 0 Å². The molecule has 2 nitrogen and oxygen atoms in total. The normalized spacial score (nSPS) is 49.2. The van der Waals surface area contributed by atoms with E-state index >= 15 is 0 Å². The van der Waals surface area contributed by atoms with Crippen LogP contribution in [-0.2, 0) is 4.79 Å². The SMILES string of the molecule is CC12CC3CC(C)(C1)CC(C(=O)N1CCCCCC1)(C3)C2. The predicted molar refractivity (Wildman–Crippen MR) is 84.9 cm³/mol. The molecule has 0 aromatic carbocycles. The van der Waals surface area contributed by atoms with Gasteiger partial charge in [0.1, 0.15) is 0 Å². The molecule has 1 aliphatic heterocycles. The summed E-state index contributed by atoms with van der Waals surface area (Å²) in [5.74, 6) is 1.37. The fraction of sp³-hybridized carbons (Fsp3) is 0.947. The average Bonchev–Trinajstić information content (AvgIpc) is 2.62.